The summed E-state index contributed by atoms with van der Waals surface area (Å²) in [7, 11) is 3.93. The molecule has 1 aromatic heterocycles. The molecule has 0 bridgehead atoms. The van der Waals surface area contributed by atoms with Gasteiger partial charge in [-0.2, -0.15) is 0 Å². The first kappa shape index (κ1) is 15.9. The van der Waals surface area contributed by atoms with E-state index in [2.05, 4.69) is 15.3 Å². The molecule has 1 rings (SSSR count). The fourth-order valence-corrected chi connectivity index (χ4v) is 1.50. The number of nitrogens with zero attached hydrogens (tertiary/aromatic N) is 3. The molecule has 0 fully saturated rings. The molecule has 1 aromatic rings. The molecule has 0 radical (unpaired) electrons. The number of amides is 1. The van der Waals surface area contributed by atoms with Crippen molar-refractivity contribution in [2.24, 2.45) is 0 Å². The van der Waals surface area contributed by atoms with Gasteiger partial charge in [0.25, 0.3) is 5.91 Å². The van der Waals surface area contributed by atoms with E-state index in [1.54, 1.807) is 0 Å². The zero-order chi connectivity index (χ0) is 14.6. The van der Waals surface area contributed by atoms with Crippen molar-refractivity contribution in [2.75, 3.05) is 20.6 Å². The van der Waals surface area contributed by atoms with Crippen molar-refractivity contribution >= 4 is 17.5 Å². The van der Waals surface area contributed by atoms with Crippen LogP contribution in [0.5, 0.6) is 0 Å². The summed E-state index contributed by atoms with van der Waals surface area (Å²) in [5.74, 6) is 0.516. The molecule has 6 heteroatoms. The van der Waals surface area contributed by atoms with E-state index in [4.69, 9.17) is 11.6 Å². The molecule has 0 spiro atoms. The number of halogens is 1. The van der Waals surface area contributed by atoms with Gasteiger partial charge in [0.1, 0.15) is 11.5 Å². The summed E-state index contributed by atoms with van der Waals surface area (Å²) in [5.41, 5.74) is 0.242. The zero-order valence-corrected chi connectivity index (χ0v) is 12.8. The first-order chi connectivity index (χ1) is 8.82. The van der Waals surface area contributed by atoms with Crippen LogP contribution in [0.15, 0.2) is 6.20 Å². The number of carbonyl (C=O) groups excluding carboxylic acids is 1. The zero-order valence-electron chi connectivity index (χ0n) is 12.1. The first-order valence-electron chi connectivity index (χ1n) is 6.30. The Morgan fingerprint density at radius 1 is 1.42 bits per heavy atom. The first-order valence-corrected chi connectivity index (χ1v) is 6.67. The molecule has 0 saturated carbocycles. The van der Waals surface area contributed by atoms with Crippen LogP contribution in [0.25, 0.3) is 0 Å². The van der Waals surface area contributed by atoms with E-state index >= 15 is 0 Å². The average molecular weight is 285 g/mol. The standard InChI is InChI=1S/C13H21ClN4O/c1-8(2)12-15-7-10(14)11(17-12)13(19)16-6-9(3)18(4)5/h7-9H,6H2,1-5H3,(H,16,19). The molecule has 0 aromatic carbocycles. The third-order valence-corrected chi connectivity index (χ3v) is 3.21. The van der Waals surface area contributed by atoms with Crippen LogP contribution in [0.2, 0.25) is 5.02 Å². The van der Waals surface area contributed by atoms with E-state index < -0.39 is 0 Å². The summed E-state index contributed by atoms with van der Waals surface area (Å²) in [6.07, 6.45) is 1.48. The summed E-state index contributed by atoms with van der Waals surface area (Å²) >= 11 is 5.98. The van der Waals surface area contributed by atoms with Crippen LogP contribution in [0.1, 0.15) is 43.0 Å². The van der Waals surface area contributed by atoms with Gasteiger partial charge in [0, 0.05) is 18.5 Å². The normalized spacial score (nSPS) is 12.8. The maximum atomic E-state index is 12.1. The average Bonchev–Trinajstić information content (AvgIpc) is 2.35. The number of likely N-dealkylation sites (N-methyl/N-ethyl adjacent to an activating group) is 1. The van der Waals surface area contributed by atoms with Gasteiger partial charge in [-0.05, 0) is 21.0 Å². The van der Waals surface area contributed by atoms with Crippen molar-refractivity contribution < 1.29 is 4.79 Å². The van der Waals surface area contributed by atoms with Gasteiger partial charge in [-0.25, -0.2) is 9.97 Å². The Labute approximate surface area is 119 Å². The van der Waals surface area contributed by atoms with Crippen molar-refractivity contribution in [3.05, 3.63) is 22.7 Å². The molecule has 0 saturated heterocycles. The molecule has 0 aliphatic heterocycles. The van der Waals surface area contributed by atoms with Gasteiger partial charge in [0.05, 0.1) is 11.2 Å². The SMILES string of the molecule is CC(C)c1ncc(Cl)c(C(=O)NCC(C)N(C)C)n1. The highest BCUT2D eigenvalue weighted by Crippen LogP contribution is 2.16. The van der Waals surface area contributed by atoms with Crippen molar-refractivity contribution in [2.45, 2.75) is 32.7 Å². The van der Waals surface area contributed by atoms with Gasteiger partial charge in [-0.15, -0.1) is 0 Å². The Balaban J connectivity index is 2.79. The van der Waals surface area contributed by atoms with E-state index in [9.17, 15) is 4.79 Å². The van der Waals surface area contributed by atoms with Gasteiger partial charge >= 0.3 is 0 Å². The molecule has 0 aliphatic rings. The van der Waals surface area contributed by atoms with E-state index in [1.807, 2.05) is 39.8 Å². The monoisotopic (exact) mass is 284 g/mol. The number of rotatable bonds is 5. The van der Waals surface area contributed by atoms with E-state index in [0.29, 0.717) is 12.4 Å². The van der Waals surface area contributed by atoms with E-state index in [-0.39, 0.29) is 28.6 Å². The molecule has 5 nitrogen and oxygen atoms in total. The van der Waals surface area contributed by atoms with Gasteiger partial charge in [-0.1, -0.05) is 25.4 Å². The highest BCUT2D eigenvalue weighted by Gasteiger charge is 2.16. The number of aromatic nitrogens is 2. The molecule has 1 amide bonds. The Hall–Kier alpha value is -1.20. The summed E-state index contributed by atoms with van der Waals surface area (Å²) in [4.78, 5) is 22.4. The molecular formula is C13H21ClN4O. The van der Waals surface area contributed by atoms with E-state index in [1.165, 1.54) is 6.20 Å². The van der Waals surface area contributed by atoms with Crippen LogP contribution in [-0.2, 0) is 0 Å². The van der Waals surface area contributed by atoms with Gasteiger partial charge in [0.15, 0.2) is 0 Å². The number of hydrogen-bond donors (Lipinski definition) is 1. The lowest BCUT2D eigenvalue weighted by atomic mass is 10.2. The number of hydrogen-bond acceptors (Lipinski definition) is 4. The predicted molar refractivity (Wildman–Crippen MR) is 76.6 cm³/mol. The second-order valence-corrected chi connectivity index (χ2v) is 5.51. The van der Waals surface area contributed by atoms with Crippen LogP contribution in [0.3, 0.4) is 0 Å². The van der Waals surface area contributed by atoms with Crippen molar-refractivity contribution in [3.8, 4) is 0 Å². The molecular weight excluding hydrogens is 264 g/mol. The maximum absolute atomic E-state index is 12.1. The fourth-order valence-electron chi connectivity index (χ4n) is 1.32. The molecule has 0 aliphatic carbocycles. The molecule has 1 N–H and O–H groups in total. The van der Waals surface area contributed by atoms with Crippen LogP contribution in [0.4, 0.5) is 0 Å². The minimum Gasteiger partial charge on any atom is -0.349 e. The minimum atomic E-state index is -0.261. The number of carbonyl (C=O) groups is 1. The summed E-state index contributed by atoms with van der Waals surface area (Å²) in [6.45, 7) is 6.52. The van der Waals surface area contributed by atoms with Gasteiger partial charge in [0.2, 0.25) is 0 Å². The van der Waals surface area contributed by atoms with Crippen LogP contribution in [-0.4, -0.2) is 47.5 Å². The molecule has 106 valence electrons. The molecule has 19 heavy (non-hydrogen) atoms. The lowest BCUT2D eigenvalue weighted by molar-refractivity contribution is 0.0938. The molecule has 1 heterocycles. The fraction of sp³-hybridized carbons (Fsp3) is 0.615. The van der Waals surface area contributed by atoms with Crippen LogP contribution < -0.4 is 5.32 Å². The predicted octanol–water partition coefficient (Wildman–Crippen LogP) is 1.93. The van der Waals surface area contributed by atoms with Crippen molar-refractivity contribution in [1.29, 1.82) is 0 Å². The largest absolute Gasteiger partial charge is 0.349 e. The number of nitrogens with one attached hydrogen (secondary N) is 1. The minimum absolute atomic E-state index is 0.157. The second kappa shape index (κ2) is 6.82. The van der Waals surface area contributed by atoms with Gasteiger partial charge in [-0.3, -0.25) is 4.79 Å². The highest BCUT2D eigenvalue weighted by atomic mass is 35.5. The lowest BCUT2D eigenvalue weighted by Crippen LogP contribution is -2.38. The van der Waals surface area contributed by atoms with Gasteiger partial charge < -0.3 is 10.2 Å². The third kappa shape index (κ3) is 4.44. The second-order valence-electron chi connectivity index (χ2n) is 5.10. The Bertz CT molecular complexity index is 448. The third-order valence-electron chi connectivity index (χ3n) is 2.93. The Morgan fingerprint density at radius 3 is 2.58 bits per heavy atom. The van der Waals surface area contributed by atoms with E-state index in [0.717, 1.165) is 0 Å². The Morgan fingerprint density at radius 2 is 2.05 bits per heavy atom. The smallest absolute Gasteiger partial charge is 0.271 e. The lowest BCUT2D eigenvalue weighted by Gasteiger charge is -2.20. The van der Waals surface area contributed by atoms with Crippen molar-refractivity contribution in [3.63, 3.8) is 0 Å². The molecule has 1 unspecified atom stereocenters. The molecule has 1 atom stereocenters. The summed E-state index contributed by atoms with van der Waals surface area (Å²) in [5, 5.41) is 3.11. The van der Waals surface area contributed by atoms with Crippen LogP contribution in [0, 0.1) is 0 Å². The van der Waals surface area contributed by atoms with Crippen LogP contribution >= 0.6 is 11.6 Å². The topological polar surface area (TPSA) is 58.1 Å². The maximum Gasteiger partial charge on any atom is 0.271 e. The van der Waals surface area contributed by atoms with Crippen molar-refractivity contribution in [1.82, 2.24) is 20.2 Å². The summed E-state index contributed by atoms with van der Waals surface area (Å²) in [6, 6.07) is 0.245. The summed E-state index contributed by atoms with van der Waals surface area (Å²) < 4.78 is 0. The Kier molecular flexibility index (Phi) is 5.69. The quantitative estimate of drug-likeness (QED) is 0.898. The highest BCUT2D eigenvalue weighted by molar-refractivity contribution is 6.33.